The Morgan fingerprint density at radius 1 is 0.925 bits per heavy atom. The van der Waals surface area contributed by atoms with Crippen LogP contribution in [-0.4, -0.2) is 59.7 Å². The highest BCUT2D eigenvalue weighted by Gasteiger charge is 2.60. The molecule has 0 spiro atoms. The van der Waals surface area contributed by atoms with Gasteiger partial charge < -0.3 is 9.64 Å². The van der Waals surface area contributed by atoms with E-state index < -0.39 is 28.2 Å². The van der Waals surface area contributed by atoms with Crippen LogP contribution in [-0.2, 0) is 24.1 Å². The summed E-state index contributed by atoms with van der Waals surface area (Å²) in [5, 5.41) is 0. The zero-order valence-corrected chi connectivity index (χ0v) is 26.8. The first-order valence-corrected chi connectivity index (χ1v) is 19.8. The van der Waals surface area contributed by atoms with E-state index >= 15 is 0 Å². The topological polar surface area (TPSA) is 80.8 Å². The predicted molar refractivity (Wildman–Crippen MR) is 166 cm³/mol. The number of thiophene rings is 1. The number of hydrogen-bond acceptors (Lipinski definition) is 6. The molecule has 2 aromatic carbocycles. The lowest BCUT2D eigenvalue weighted by Crippen LogP contribution is -2.54. The maximum Gasteiger partial charge on any atom is 0.308 e. The Kier molecular flexibility index (Phi) is 8.78. The molecule has 0 saturated carbocycles. The number of ether oxygens (including phenoxy) is 1. The smallest absolute Gasteiger partial charge is 0.308 e. The molecule has 1 fully saturated rings. The van der Waals surface area contributed by atoms with Crippen LogP contribution < -0.4 is 0 Å². The van der Waals surface area contributed by atoms with Crippen LogP contribution >= 0.6 is 11.3 Å². The minimum Gasteiger partial charge on any atom is -0.466 e. The summed E-state index contributed by atoms with van der Waals surface area (Å²) in [5.74, 6) is -0.328. The largest absolute Gasteiger partial charge is 0.466 e. The summed E-state index contributed by atoms with van der Waals surface area (Å²) in [5.41, 5.74) is 2.98. The van der Waals surface area contributed by atoms with Crippen molar-refractivity contribution in [1.82, 2.24) is 4.90 Å². The first-order valence-electron chi connectivity index (χ1n) is 13.7. The second kappa shape index (κ2) is 11.6. The molecular formula is C31H39NO5S2Si. The highest BCUT2D eigenvalue weighted by molar-refractivity contribution is 7.92. The van der Waals surface area contributed by atoms with E-state index in [9.17, 15) is 18.0 Å². The van der Waals surface area contributed by atoms with Gasteiger partial charge >= 0.3 is 5.97 Å². The molecule has 1 unspecified atom stereocenters. The second-order valence-electron chi connectivity index (χ2n) is 11.7. The lowest BCUT2D eigenvalue weighted by Gasteiger charge is -2.45. The molecule has 1 saturated heterocycles. The van der Waals surface area contributed by atoms with Crippen LogP contribution in [0.1, 0.15) is 41.4 Å². The first-order chi connectivity index (χ1) is 18.8. The fourth-order valence-corrected chi connectivity index (χ4v) is 13.9. The highest BCUT2D eigenvalue weighted by Crippen LogP contribution is 2.55. The number of carbonyl (C=O) groups excluding carboxylic acids is 2. The number of nitrogens with zero attached hydrogens (tertiary/aromatic N) is 1. The maximum absolute atomic E-state index is 13.9. The average molecular weight is 598 g/mol. The van der Waals surface area contributed by atoms with Crippen LogP contribution in [0.5, 0.6) is 0 Å². The first kappa shape index (κ1) is 30.2. The van der Waals surface area contributed by atoms with Gasteiger partial charge in [-0.3, -0.25) is 9.59 Å². The summed E-state index contributed by atoms with van der Waals surface area (Å²) in [6.45, 7) is 8.20. The van der Waals surface area contributed by atoms with Crippen LogP contribution in [0.3, 0.4) is 0 Å². The normalized spacial score (nSPS) is 19.6. The van der Waals surface area contributed by atoms with E-state index in [1.54, 1.807) is 25.9 Å². The second-order valence-corrected chi connectivity index (χ2v) is 20.5. The molecule has 214 valence electrons. The molecule has 2 heterocycles. The van der Waals surface area contributed by atoms with Gasteiger partial charge in [0.05, 0.1) is 26.0 Å². The quantitative estimate of drug-likeness (QED) is 0.210. The number of esters is 1. The monoisotopic (exact) mass is 597 g/mol. The SMILES string of the molecule is CCOC(=O)C([C@]1(c2ccc(-c3ccc(-c4ccc(C(=O)N(C)C)cc4)cc3)s2)CCCCS1(=O)=O)[Si](C)(C)C. The van der Waals surface area contributed by atoms with Crippen LogP contribution in [0.15, 0.2) is 60.7 Å². The number of sulfone groups is 1. The molecule has 2 atom stereocenters. The van der Waals surface area contributed by atoms with Crippen LogP contribution in [0.2, 0.25) is 25.2 Å². The van der Waals surface area contributed by atoms with E-state index in [2.05, 4.69) is 19.6 Å². The van der Waals surface area contributed by atoms with Crippen molar-refractivity contribution in [3.8, 4) is 21.6 Å². The van der Waals surface area contributed by atoms with Crippen molar-refractivity contribution >= 4 is 41.1 Å². The molecule has 6 nitrogen and oxygen atoms in total. The summed E-state index contributed by atoms with van der Waals surface area (Å²) in [7, 11) is -2.45. The van der Waals surface area contributed by atoms with Crippen molar-refractivity contribution in [3.63, 3.8) is 0 Å². The van der Waals surface area contributed by atoms with Crippen molar-refractivity contribution in [2.24, 2.45) is 0 Å². The van der Waals surface area contributed by atoms with Gasteiger partial charge in [0.25, 0.3) is 5.91 Å². The van der Waals surface area contributed by atoms with E-state index in [4.69, 9.17) is 4.74 Å². The van der Waals surface area contributed by atoms with Crippen molar-refractivity contribution < 1.29 is 22.7 Å². The number of amides is 1. The van der Waals surface area contributed by atoms with Gasteiger partial charge in [-0.25, -0.2) is 8.42 Å². The molecule has 3 aromatic rings. The van der Waals surface area contributed by atoms with Crippen LogP contribution in [0, 0.1) is 0 Å². The fourth-order valence-electron chi connectivity index (χ4n) is 5.84. The molecule has 1 aliphatic rings. The lowest BCUT2D eigenvalue weighted by molar-refractivity contribution is -0.144. The summed E-state index contributed by atoms with van der Waals surface area (Å²) < 4.78 is 32.2. The van der Waals surface area contributed by atoms with Gasteiger partial charge in [-0.05, 0) is 60.7 Å². The molecule has 1 aromatic heterocycles. The number of rotatable bonds is 8. The maximum atomic E-state index is 13.9. The van der Waals surface area contributed by atoms with Crippen LogP contribution in [0.25, 0.3) is 21.6 Å². The summed E-state index contributed by atoms with van der Waals surface area (Å²) in [6.07, 6.45) is 1.82. The molecule has 0 N–H and O–H groups in total. The lowest BCUT2D eigenvalue weighted by atomic mass is 9.94. The Labute approximate surface area is 243 Å². The summed E-state index contributed by atoms with van der Waals surface area (Å²) in [6, 6.07) is 19.6. The third-order valence-corrected chi connectivity index (χ3v) is 14.4. The molecular weight excluding hydrogens is 559 g/mol. The van der Waals surface area contributed by atoms with Gasteiger partial charge in [-0.1, -0.05) is 62.5 Å². The Balaban J connectivity index is 1.71. The molecule has 0 bridgehead atoms. The van der Waals surface area contributed by atoms with Gasteiger partial charge in [0.15, 0.2) is 9.84 Å². The van der Waals surface area contributed by atoms with Gasteiger partial charge in [0.1, 0.15) is 4.75 Å². The van der Waals surface area contributed by atoms with Gasteiger partial charge in [-0.2, -0.15) is 0 Å². The van der Waals surface area contributed by atoms with E-state index in [0.717, 1.165) is 32.9 Å². The standard InChI is InChI=1S/C31H39NO5S2Si/c1-7-37-30(34)28(40(4,5)6)31(20-8-9-21-39(31,35)36)27-19-18-26(38-27)24-14-10-22(11-15-24)23-12-16-25(17-13-23)29(33)32(2)3/h10-19,28H,7-9,20-21H2,1-6H3/t28?,31-/m1/s1. The Bertz CT molecular complexity index is 1470. The van der Waals surface area contributed by atoms with Gasteiger partial charge in [0.2, 0.25) is 0 Å². The molecule has 0 aliphatic carbocycles. The van der Waals surface area contributed by atoms with Gasteiger partial charge in [-0.15, -0.1) is 11.3 Å². The van der Waals surface area contributed by atoms with E-state index in [1.165, 1.54) is 11.3 Å². The fraction of sp³-hybridized carbons (Fsp3) is 0.419. The molecule has 40 heavy (non-hydrogen) atoms. The van der Waals surface area contributed by atoms with Gasteiger partial charge in [0, 0.05) is 29.4 Å². The minimum absolute atomic E-state index is 0.0347. The van der Waals surface area contributed by atoms with Crippen molar-refractivity contribution in [1.29, 1.82) is 0 Å². The minimum atomic E-state index is -3.59. The van der Waals surface area contributed by atoms with Crippen LogP contribution in [0.4, 0.5) is 0 Å². The molecule has 1 aliphatic heterocycles. The molecule has 1 amide bonds. The van der Waals surface area contributed by atoms with Crippen molar-refractivity contribution in [2.45, 2.75) is 56.1 Å². The summed E-state index contributed by atoms with van der Waals surface area (Å²) >= 11 is 1.48. The van der Waals surface area contributed by atoms with E-state index in [0.29, 0.717) is 18.4 Å². The van der Waals surface area contributed by atoms with E-state index in [1.807, 2.05) is 60.7 Å². The molecule has 0 radical (unpaired) electrons. The number of benzene rings is 2. The Morgan fingerprint density at radius 3 is 2.02 bits per heavy atom. The Morgan fingerprint density at radius 2 is 1.50 bits per heavy atom. The Hall–Kier alpha value is -2.75. The third kappa shape index (κ3) is 5.69. The zero-order valence-electron chi connectivity index (χ0n) is 24.2. The average Bonchev–Trinajstić information content (AvgIpc) is 3.39. The van der Waals surface area contributed by atoms with Crippen molar-refractivity contribution in [3.05, 3.63) is 71.1 Å². The van der Waals surface area contributed by atoms with Crippen molar-refractivity contribution in [2.75, 3.05) is 26.5 Å². The zero-order chi connectivity index (χ0) is 29.3. The number of hydrogen-bond donors (Lipinski definition) is 0. The predicted octanol–water partition coefficient (Wildman–Crippen LogP) is 6.85. The third-order valence-electron chi connectivity index (χ3n) is 7.68. The molecule has 9 heteroatoms. The van der Waals surface area contributed by atoms with E-state index in [-0.39, 0.29) is 24.2 Å². The number of carbonyl (C=O) groups is 2. The highest BCUT2D eigenvalue weighted by atomic mass is 32.2. The molecule has 4 rings (SSSR count). The summed E-state index contributed by atoms with van der Waals surface area (Å²) in [4.78, 5) is 28.9.